The molecule has 0 heterocycles. The van der Waals surface area contributed by atoms with Gasteiger partial charge in [-0.1, -0.05) is 26.8 Å². The first-order valence-electron chi connectivity index (χ1n) is 8.98. The Balaban J connectivity index is 2.77. The summed E-state index contributed by atoms with van der Waals surface area (Å²) in [5.41, 5.74) is 0.539. The second-order valence-electron chi connectivity index (χ2n) is 7.39. The molecule has 0 bridgehead atoms. The number of hydrogen-bond donors (Lipinski definition) is 1. The Kier molecular flexibility index (Phi) is 7.97. The fraction of sp³-hybridized carbons (Fsp3) is 0.895. The van der Waals surface area contributed by atoms with E-state index in [0.29, 0.717) is 11.5 Å². The maximum Gasteiger partial charge on any atom is 0.0834 e. The van der Waals surface area contributed by atoms with Gasteiger partial charge in [-0.25, -0.2) is 0 Å². The molecule has 21 heavy (non-hydrogen) atoms. The van der Waals surface area contributed by atoms with Crippen LogP contribution in [0.25, 0.3) is 0 Å². The van der Waals surface area contributed by atoms with Crippen molar-refractivity contribution in [3.63, 3.8) is 0 Å². The Hall–Kier alpha value is -0.340. The number of unbranched alkanes of at least 4 members (excludes halogenated alkanes) is 1. The van der Waals surface area contributed by atoms with E-state index in [4.69, 9.17) is 4.74 Å². The lowest BCUT2D eigenvalue weighted by Crippen LogP contribution is -2.55. The van der Waals surface area contributed by atoms with Crippen molar-refractivity contribution in [1.82, 2.24) is 5.32 Å². The monoisotopic (exact) mass is 295 g/mol. The van der Waals surface area contributed by atoms with Crippen molar-refractivity contribution < 1.29 is 4.74 Å². The SMILES string of the molecule is C=CCCCC(NCCC)C1(OCC)CCC(C)(C)CC1. The van der Waals surface area contributed by atoms with Crippen LogP contribution in [0.4, 0.5) is 0 Å². The molecule has 124 valence electrons. The summed E-state index contributed by atoms with van der Waals surface area (Å²) in [6.45, 7) is 15.0. The highest BCUT2D eigenvalue weighted by Crippen LogP contribution is 2.44. The summed E-state index contributed by atoms with van der Waals surface area (Å²) < 4.78 is 6.37. The standard InChI is InChI=1S/C19H37NO/c1-6-9-10-11-17(20-16-7-2)19(21-8-3)14-12-18(4,5)13-15-19/h6,17,20H,1,7-16H2,2-5H3. The van der Waals surface area contributed by atoms with Crippen LogP contribution < -0.4 is 5.32 Å². The molecule has 1 rings (SSSR count). The smallest absolute Gasteiger partial charge is 0.0834 e. The van der Waals surface area contributed by atoms with E-state index in [0.717, 1.165) is 19.6 Å². The third-order valence-corrected chi connectivity index (χ3v) is 5.06. The minimum atomic E-state index is 0.0562. The van der Waals surface area contributed by atoms with Crippen LogP contribution in [0.5, 0.6) is 0 Å². The summed E-state index contributed by atoms with van der Waals surface area (Å²) in [6.07, 6.45) is 11.7. The molecule has 0 saturated heterocycles. The lowest BCUT2D eigenvalue weighted by molar-refractivity contribution is -0.108. The van der Waals surface area contributed by atoms with Crippen molar-refractivity contribution in [3.05, 3.63) is 12.7 Å². The maximum atomic E-state index is 6.37. The number of hydrogen-bond acceptors (Lipinski definition) is 2. The highest BCUT2D eigenvalue weighted by molar-refractivity contribution is 4.99. The van der Waals surface area contributed by atoms with Crippen LogP contribution in [-0.4, -0.2) is 24.8 Å². The van der Waals surface area contributed by atoms with Gasteiger partial charge in [0.25, 0.3) is 0 Å². The Bertz CT molecular complexity index is 288. The summed E-state index contributed by atoms with van der Waals surface area (Å²) in [6, 6.07) is 0.494. The van der Waals surface area contributed by atoms with Gasteiger partial charge in [-0.2, -0.15) is 0 Å². The Morgan fingerprint density at radius 1 is 1.19 bits per heavy atom. The first-order valence-corrected chi connectivity index (χ1v) is 8.98. The number of nitrogens with one attached hydrogen (secondary N) is 1. The van der Waals surface area contributed by atoms with E-state index in [1.807, 2.05) is 6.08 Å². The highest BCUT2D eigenvalue weighted by atomic mass is 16.5. The molecule has 1 fully saturated rings. The molecule has 1 N–H and O–H groups in total. The van der Waals surface area contributed by atoms with E-state index >= 15 is 0 Å². The number of allylic oxidation sites excluding steroid dienone is 1. The summed E-state index contributed by atoms with van der Waals surface area (Å²) in [4.78, 5) is 0. The average Bonchev–Trinajstić information content (AvgIpc) is 2.46. The molecule has 0 aromatic heterocycles. The molecule has 1 aliphatic carbocycles. The molecule has 0 aromatic rings. The van der Waals surface area contributed by atoms with Crippen molar-refractivity contribution >= 4 is 0 Å². The Morgan fingerprint density at radius 2 is 1.86 bits per heavy atom. The Labute approximate surface area is 132 Å². The summed E-state index contributed by atoms with van der Waals surface area (Å²) >= 11 is 0. The molecule has 1 unspecified atom stereocenters. The molecular formula is C19H37NO. The molecule has 0 radical (unpaired) electrons. The van der Waals surface area contributed by atoms with Crippen LogP contribution >= 0.6 is 0 Å². The lowest BCUT2D eigenvalue weighted by atomic mass is 9.67. The number of rotatable bonds is 10. The Morgan fingerprint density at radius 3 is 2.38 bits per heavy atom. The van der Waals surface area contributed by atoms with Crippen molar-refractivity contribution in [2.24, 2.45) is 5.41 Å². The molecule has 0 aromatic carbocycles. The van der Waals surface area contributed by atoms with Gasteiger partial charge in [-0.15, -0.1) is 6.58 Å². The highest BCUT2D eigenvalue weighted by Gasteiger charge is 2.44. The van der Waals surface area contributed by atoms with Crippen LogP contribution in [0.1, 0.15) is 79.1 Å². The van der Waals surface area contributed by atoms with E-state index in [-0.39, 0.29) is 5.60 Å². The van der Waals surface area contributed by atoms with Gasteiger partial charge in [0.05, 0.1) is 5.60 Å². The van der Waals surface area contributed by atoms with Gasteiger partial charge < -0.3 is 10.1 Å². The fourth-order valence-corrected chi connectivity index (χ4v) is 3.57. The van der Waals surface area contributed by atoms with Crippen molar-refractivity contribution in [1.29, 1.82) is 0 Å². The zero-order valence-electron chi connectivity index (χ0n) is 14.8. The van der Waals surface area contributed by atoms with Crippen LogP contribution in [0, 0.1) is 5.41 Å². The van der Waals surface area contributed by atoms with Gasteiger partial charge in [-0.3, -0.25) is 0 Å². The van der Waals surface area contributed by atoms with Crippen LogP contribution in [0.3, 0.4) is 0 Å². The molecule has 0 spiro atoms. The summed E-state index contributed by atoms with van der Waals surface area (Å²) in [5.74, 6) is 0. The van der Waals surface area contributed by atoms with Gasteiger partial charge >= 0.3 is 0 Å². The lowest BCUT2D eigenvalue weighted by Gasteiger charge is -2.48. The van der Waals surface area contributed by atoms with Gasteiger partial charge in [-0.05, 0) is 70.3 Å². The van der Waals surface area contributed by atoms with Gasteiger partial charge in [0.15, 0.2) is 0 Å². The van der Waals surface area contributed by atoms with Crippen molar-refractivity contribution in [2.75, 3.05) is 13.2 Å². The van der Waals surface area contributed by atoms with Gasteiger partial charge in [0.1, 0.15) is 0 Å². The van der Waals surface area contributed by atoms with E-state index in [2.05, 4.69) is 39.6 Å². The summed E-state index contributed by atoms with van der Waals surface area (Å²) in [7, 11) is 0. The minimum absolute atomic E-state index is 0.0562. The molecule has 0 aliphatic heterocycles. The second-order valence-corrected chi connectivity index (χ2v) is 7.39. The van der Waals surface area contributed by atoms with E-state index in [1.165, 1.54) is 44.9 Å². The second kappa shape index (κ2) is 8.95. The number of ether oxygens (including phenoxy) is 1. The van der Waals surface area contributed by atoms with Gasteiger partial charge in [0.2, 0.25) is 0 Å². The zero-order chi connectivity index (χ0) is 15.8. The molecule has 2 nitrogen and oxygen atoms in total. The minimum Gasteiger partial charge on any atom is -0.374 e. The zero-order valence-corrected chi connectivity index (χ0v) is 14.8. The summed E-state index contributed by atoms with van der Waals surface area (Å²) in [5, 5.41) is 3.79. The largest absolute Gasteiger partial charge is 0.374 e. The van der Waals surface area contributed by atoms with E-state index in [9.17, 15) is 0 Å². The quantitative estimate of drug-likeness (QED) is 0.448. The van der Waals surface area contributed by atoms with Crippen LogP contribution in [0.2, 0.25) is 0 Å². The van der Waals surface area contributed by atoms with Crippen LogP contribution in [0.15, 0.2) is 12.7 Å². The topological polar surface area (TPSA) is 21.3 Å². The van der Waals surface area contributed by atoms with E-state index in [1.54, 1.807) is 0 Å². The third kappa shape index (κ3) is 5.75. The normalized spacial score (nSPS) is 21.9. The molecular weight excluding hydrogens is 258 g/mol. The first-order chi connectivity index (χ1) is 9.99. The van der Waals surface area contributed by atoms with Crippen molar-refractivity contribution in [3.8, 4) is 0 Å². The fourth-order valence-electron chi connectivity index (χ4n) is 3.57. The average molecular weight is 296 g/mol. The predicted molar refractivity (Wildman–Crippen MR) is 92.7 cm³/mol. The van der Waals surface area contributed by atoms with Gasteiger partial charge in [0, 0.05) is 12.6 Å². The first kappa shape index (κ1) is 18.7. The molecule has 1 aliphatic rings. The third-order valence-electron chi connectivity index (χ3n) is 5.06. The molecule has 1 atom stereocenters. The predicted octanol–water partition coefficient (Wildman–Crippen LogP) is 5.09. The van der Waals surface area contributed by atoms with Crippen LogP contribution in [-0.2, 0) is 4.74 Å². The van der Waals surface area contributed by atoms with E-state index < -0.39 is 0 Å². The van der Waals surface area contributed by atoms with Crippen molar-refractivity contribution in [2.45, 2.75) is 90.7 Å². The maximum absolute atomic E-state index is 6.37. The molecule has 1 saturated carbocycles. The molecule has 2 heteroatoms. The molecule has 0 amide bonds.